The number of benzene rings is 1. The van der Waals surface area contributed by atoms with Gasteiger partial charge in [0.15, 0.2) is 0 Å². The molecule has 5 heteroatoms. The lowest BCUT2D eigenvalue weighted by molar-refractivity contribution is -0.121. The Morgan fingerprint density at radius 2 is 2.29 bits per heavy atom. The van der Waals surface area contributed by atoms with Crippen molar-refractivity contribution in [2.24, 2.45) is 5.92 Å². The van der Waals surface area contributed by atoms with Crippen LogP contribution in [0.15, 0.2) is 24.3 Å². The summed E-state index contributed by atoms with van der Waals surface area (Å²) in [5, 5.41) is 3.00. The number of piperidine rings is 1. The summed E-state index contributed by atoms with van der Waals surface area (Å²) < 4.78 is 5.52. The number of amides is 1. The van der Waals surface area contributed by atoms with Crippen molar-refractivity contribution in [3.05, 3.63) is 24.3 Å². The Labute approximate surface area is 126 Å². The third kappa shape index (κ3) is 5.27. The van der Waals surface area contributed by atoms with Crippen LogP contribution < -0.4 is 15.8 Å². The van der Waals surface area contributed by atoms with E-state index in [0.717, 1.165) is 19.6 Å². The first-order chi connectivity index (χ1) is 10.1. The Kier molecular flexibility index (Phi) is 5.87. The summed E-state index contributed by atoms with van der Waals surface area (Å²) in [5.41, 5.74) is 6.38. The maximum Gasteiger partial charge on any atom is 0.223 e. The van der Waals surface area contributed by atoms with Crippen molar-refractivity contribution in [1.29, 1.82) is 0 Å². The minimum atomic E-state index is 0.0396. The zero-order valence-corrected chi connectivity index (χ0v) is 12.7. The van der Waals surface area contributed by atoms with Gasteiger partial charge in [-0.1, -0.05) is 12.1 Å². The number of anilines is 1. The van der Waals surface area contributed by atoms with Crippen molar-refractivity contribution in [2.75, 3.05) is 39.0 Å². The molecule has 0 bridgehead atoms. The van der Waals surface area contributed by atoms with E-state index in [4.69, 9.17) is 10.5 Å². The monoisotopic (exact) mass is 291 g/mol. The van der Waals surface area contributed by atoms with Crippen LogP contribution in [-0.4, -0.2) is 44.1 Å². The highest BCUT2D eigenvalue weighted by atomic mass is 16.5. The van der Waals surface area contributed by atoms with E-state index < -0.39 is 0 Å². The van der Waals surface area contributed by atoms with Crippen LogP contribution in [0.5, 0.6) is 5.75 Å². The normalized spacial score (nSPS) is 19.2. The summed E-state index contributed by atoms with van der Waals surface area (Å²) >= 11 is 0. The number of carbonyl (C=O) groups is 1. The predicted molar refractivity (Wildman–Crippen MR) is 84.2 cm³/mol. The van der Waals surface area contributed by atoms with E-state index in [1.54, 1.807) is 6.07 Å². The number of hydrogen-bond acceptors (Lipinski definition) is 4. The molecule has 0 radical (unpaired) electrons. The van der Waals surface area contributed by atoms with E-state index in [0.29, 0.717) is 30.4 Å². The van der Waals surface area contributed by atoms with Gasteiger partial charge in [-0.15, -0.1) is 0 Å². The Balaban J connectivity index is 1.62. The molecule has 0 spiro atoms. The number of ether oxygens (including phenoxy) is 1. The lowest BCUT2D eigenvalue weighted by Gasteiger charge is -2.29. The summed E-state index contributed by atoms with van der Waals surface area (Å²) in [6.07, 6.45) is 2.77. The third-order valence-corrected chi connectivity index (χ3v) is 3.82. The largest absolute Gasteiger partial charge is 0.491 e. The number of hydrogen-bond donors (Lipinski definition) is 2. The second-order valence-corrected chi connectivity index (χ2v) is 5.71. The number of para-hydroxylation sites is 2. The maximum absolute atomic E-state index is 11.8. The van der Waals surface area contributed by atoms with Crippen molar-refractivity contribution in [3.8, 4) is 5.75 Å². The molecule has 1 unspecified atom stereocenters. The van der Waals surface area contributed by atoms with Gasteiger partial charge in [-0.2, -0.15) is 0 Å². The molecule has 1 saturated heterocycles. The number of nitrogens with one attached hydrogen (secondary N) is 1. The summed E-state index contributed by atoms with van der Waals surface area (Å²) in [6, 6.07) is 7.32. The summed E-state index contributed by atoms with van der Waals surface area (Å²) in [6.45, 7) is 3.34. The molecule has 1 aliphatic rings. The molecule has 1 aromatic rings. The molecule has 5 nitrogen and oxygen atoms in total. The number of likely N-dealkylation sites (tertiary alicyclic amines) is 1. The third-order valence-electron chi connectivity index (χ3n) is 3.82. The highest BCUT2D eigenvalue weighted by Crippen LogP contribution is 2.19. The van der Waals surface area contributed by atoms with E-state index >= 15 is 0 Å². The van der Waals surface area contributed by atoms with Crippen LogP contribution in [0.1, 0.15) is 19.3 Å². The predicted octanol–water partition coefficient (Wildman–Crippen LogP) is 1.50. The second-order valence-electron chi connectivity index (χ2n) is 5.71. The maximum atomic E-state index is 11.8. The van der Waals surface area contributed by atoms with Gasteiger partial charge < -0.3 is 20.7 Å². The minimum Gasteiger partial charge on any atom is -0.491 e. The lowest BCUT2D eigenvalue weighted by Crippen LogP contribution is -2.39. The molecule has 116 valence electrons. The van der Waals surface area contributed by atoms with Gasteiger partial charge in [0, 0.05) is 13.1 Å². The quantitative estimate of drug-likeness (QED) is 0.779. The lowest BCUT2D eigenvalue weighted by atomic mass is 9.98. The van der Waals surface area contributed by atoms with Gasteiger partial charge in [0.25, 0.3) is 0 Å². The number of rotatable bonds is 6. The summed E-state index contributed by atoms with van der Waals surface area (Å²) in [5.74, 6) is 1.25. The molecule has 1 aromatic carbocycles. The van der Waals surface area contributed by atoms with Gasteiger partial charge in [0.1, 0.15) is 5.75 Å². The van der Waals surface area contributed by atoms with Gasteiger partial charge in [-0.3, -0.25) is 4.79 Å². The van der Waals surface area contributed by atoms with Crippen molar-refractivity contribution in [3.63, 3.8) is 0 Å². The molecule has 2 rings (SSSR count). The Hall–Kier alpha value is -1.75. The van der Waals surface area contributed by atoms with Gasteiger partial charge in [-0.25, -0.2) is 0 Å². The molecular formula is C16H25N3O2. The molecule has 1 aliphatic heterocycles. The van der Waals surface area contributed by atoms with E-state index in [2.05, 4.69) is 17.3 Å². The standard InChI is InChI=1S/C16H25N3O2/c1-19-9-4-5-13(12-19)11-18-16(20)8-10-21-15-7-3-2-6-14(15)17/h2-3,6-7,13H,4-5,8-12,17H2,1H3,(H,18,20). The van der Waals surface area contributed by atoms with Gasteiger partial charge in [0.2, 0.25) is 5.91 Å². The Morgan fingerprint density at radius 3 is 3.05 bits per heavy atom. The number of nitrogens with two attached hydrogens (primary N) is 1. The molecule has 3 N–H and O–H groups in total. The molecule has 21 heavy (non-hydrogen) atoms. The Bertz CT molecular complexity index is 465. The molecule has 1 atom stereocenters. The average Bonchev–Trinajstić information content (AvgIpc) is 2.47. The van der Waals surface area contributed by atoms with Gasteiger partial charge >= 0.3 is 0 Å². The molecule has 0 aromatic heterocycles. The molecular weight excluding hydrogens is 266 g/mol. The van der Waals surface area contributed by atoms with Crippen LogP contribution in [0.4, 0.5) is 5.69 Å². The summed E-state index contributed by atoms with van der Waals surface area (Å²) in [4.78, 5) is 14.1. The fourth-order valence-corrected chi connectivity index (χ4v) is 2.65. The molecule has 1 heterocycles. The Morgan fingerprint density at radius 1 is 1.48 bits per heavy atom. The van der Waals surface area contributed by atoms with E-state index in [1.807, 2.05) is 18.2 Å². The van der Waals surface area contributed by atoms with E-state index in [-0.39, 0.29) is 5.91 Å². The van der Waals surface area contributed by atoms with Crippen molar-refractivity contribution < 1.29 is 9.53 Å². The second kappa shape index (κ2) is 7.88. The molecule has 0 aliphatic carbocycles. The first kappa shape index (κ1) is 15.6. The van der Waals surface area contributed by atoms with Crippen LogP contribution in [0.25, 0.3) is 0 Å². The van der Waals surface area contributed by atoms with Crippen LogP contribution in [0.2, 0.25) is 0 Å². The van der Waals surface area contributed by atoms with E-state index in [1.165, 1.54) is 12.8 Å². The van der Waals surface area contributed by atoms with Crippen molar-refractivity contribution >= 4 is 11.6 Å². The average molecular weight is 291 g/mol. The highest BCUT2D eigenvalue weighted by Gasteiger charge is 2.17. The van der Waals surface area contributed by atoms with Gasteiger partial charge in [0.05, 0.1) is 18.7 Å². The number of carbonyl (C=O) groups excluding carboxylic acids is 1. The first-order valence-electron chi connectivity index (χ1n) is 7.57. The van der Waals surface area contributed by atoms with Crippen LogP contribution in [0, 0.1) is 5.92 Å². The minimum absolute atomic E-state index is 0.0396. The smallest absolute Gasteiger partial charge is 0.223 e. The van der Waals surface area contributed by atoms with Crippen LogP contribution in [0.3, 0.4) is 0 Å². The fraction of sp³-hybridized carbons (Fsp3) is 0.562. The van der Waals surface area contributed by atoms with Crippen molar-refractivity contribution in [2.45, 2.75) is 19.3 Å². The first-order valence-corrected chi connectivity index (χ1v) is 7.57. The van der Waals surface area contributed by atoms with Crippen LogP contribution >= 0.6 is 0 Å². The van der Waals surface area contributed by atoms with E-state index in [9.17, 15) is 4.79 Å². The van der Waals surface area contributed by atoms with Crippen molar-refractivity contribution in [1.82, 2.24) is 10.2 Å². The topological polar surface area (TPSA) is 67.6 Å². The van der Waals surface area contributed by atoms with Crippen LogP contribution in [-0.2, 0) is 4.79 Å². The molecule has 1 fully saturated rings. The molecule has 0 saturated carbocycles. The zero-order chi connectivity index (χ0) is 15.1. The molecule has 1 amide bonds. The zero-order valence-electron chi connectivity index (χ0n) is 12.7. The number of nitrogen functional groups attached to an aromatic ring is 1. The van der Waals surface area contributed by atoms with Gasteiger partial charge in [-0.05, 0) is 44.5 Å². The SMILES string of the molecule is CN1CCCC(CNC(=O)CCOc2ccccc2N)C1. The fourth-order valence-electron chi connectivity index (χ4n) is 2.65. The highest BCUT2D eigenvalue weighted by molar-refractivity contribution is 5.76. The number of nitrogens with zero attached hydrogens (tertiary/aromatic N) is 1. The summed E-state index contributed by atoms with van der Waals surface area (Å²) in [7, 11) is 2.13.